The van der Waals surface area contributed by atoms with Crippen LogP contribution in [-0.4, -0.2) is 12.3 Å². The molecule has 1 heterocycles. The van der Waals surface area contributed by atoms with Crippen LogP contribution in [0.2, 0.25) is 0 Å². The Balaban J connectivity index is 1.59. The molecule has 0 radical (unpaired) electrons. The molecule has 0 bridgehead atoms. The molecule has 0 unspecified atom stereocenters. The highest BCUT2D eigenvalue weighted by molar-refractivity contribution is 7.19. The SMILES string of the molecule is CCC1(CNc2sc(C(=O)C3CC3)c(N)c2C2CC2)CC1. The molecule has 1 aromatic heterocycles. The van der Waals surface area contributed by atoms with Crippen LogP contribution in [0.15, 0.2) is 0 Å². The van der Waals surface area contributed by atoms with E-state index in [1.54, 1.807) is 11.3 Å². The lowest BCUT2D eigenvalue weighted by Gasteiger charge is -2.14. The predicted molar refractivity (Wildman–Crippen MR) is 88.2 cm³/mol. The van der Waals surface area contributed by atoms with E-state index in [9.17, 15) is 4.79 Å². The topological polar surface area (TPSA) is 55.1 Å². The van der Waals surface area contributed by atoms with E-state index in [2.05, 4.69) is 12.2 Å². The van der Waals surface area contributed by atoms with E-state index < -0.39 is 0 Å². The van der Waals surface area contributed by atoms with Crippen molar-refractivity contribution in [2.75, 3.05) is 17.6 Å². The van der Waals surface area contributed by atoms with Gasteiger partial charge in [-0.3, -0.25) is 4.79 Å². The second-order valence-corrected chi connectivity index (χ2v) is 8.23. The van der Waals surface area contributed by atoms with Crippen molar-refractivity contribution in [2.24, 2.45) is 11.3 Å². The number of thiophene rings is 1. The number of anilines is 2. The number of hydrogen-bond acceptors (Lipinski definition) is 4. The first kappa shape index (κ1) is 13.6. The number of carbonyl (C=O) groups excluding carboxylic acids is 1. The van der Waals surface area contributed by atoms with Crippen LogP contribution in [0.1, 0.15) is 73.0 Å². The Bertz CT molecular complexity index is 580. The second-order valence-electron chi connectivity index (χ2n) is 7.21. The number of ketones is 1. The molecule has 4 heteroatoms. The van der Waals surface area contributed by atoms with Gasteiger partial charge in [-0.1, -0.05) is 6.92 Å². The highest BCUT2D eigenvalue weighted by Crippen LogP contribution is 2.53. The fourth-order valence-electron chi connectivity index (χ4n) is 3.18. The minimum absolute atomic E-state index is 0.260. The maximum absolute atomic E-state index is 12.4. The second kappa shape index (κ2) is 4.73. The van der Waals surface area contributed by atoms with Crippen molar-refractivity contribution in [1.82, 2.24) is 0 Å². The summed E-state index contributed by atoms with van der Waals surface area (Å²) in [6.45, 7) is 3.32. The van der Waals surface area contributed by atoms with Gasteiger partial charge in [-0.25, -0.2) is 0 Å². The van der Waals surface area contributed by atoms with Crippen molar-refractivity contribution in [3.8, 4) is 0 Å². The molecule has 0 amide bonds. The number of carbonyl (C=O) groups is 1. The van der Waals surface area contributed by atoms with E-state index >= 15 is 0 Å². The van der Waals surface area contributed by atoms with Gasteiger partial charge in [-0.2, -0.15) is 0 Å². The molecule has 0 spiro atoms. The molecule has 114 valence electrons. The normalized spacial score (nSPS) is 23.1. The smallest absolute Gasteiger partial charge is 0.178 e. The van der Waals surface area contributed by atoms with Gasteiger partial charge in [-0.15, -0.1) is 11.3 Å². The molecule has 0 saturated heterocycles. The first-order valence-electron chi connectivity index (χ1n) is 8.34. The van der Waals surface area contributed by atoms with Crippen molar-refractivity contribution in [2.45, 2.75) is 57.8 Å². The molecule has 0 aromatic carbocycles. The van der Waals surface area contributed by atoms with Gasteiger partial charge in [-0.05, 0) is 56.3 Å². The lowest BCUT2D eigenvalue weighted by molar-refractivity contribution is 0.0972. The minimum Gasteiger partial charge on any atom is -0.397 e. The summed E-state index contributed by atoms with van der Waals surface area (Å²) >= 11 is 1.62. The van der Waals surface area contributed by atoms with E-state index in [1.807, 2.05) is 0 Å². The molecule has 21 heavy (non-hydrogen) atoms. The summed E-state index contributed by atoms with van der Waals surface area (Å²) in [5.41, 5.74) is 8.92. The Labute approximate surface area is 130 Å². The van der Waals surface area contributed by atoms with Gasteiger partial charge in [0.05, 0.1) is 15.6 Å². The molecule has 3 aliphatic rings. The summed E-state index contributed by atoms with van der Waals surface area (Å²) in [4.78, 5) is 13.2. The number of nitrogens with one attached hydrogen (secondary N) is 1. The van der Waals surface area contributed by atoms with E-state index in [-0.39, 0.29) is 5.92 Å². The number of Topliss-reactive ketones (excluding diaryl/α,β-unsaturated/α-hetero) is 1. The Kier molecular flexibility index (Phi) is 3.07. The lowest BCUT2D eigenvalue weighted by Crippen LogP contribution is -2.14. The Morgan fingerprint density at radius 2 is 2.05 bits per heavy atom. The Hall–Kier alpha value is -1.03. The standard InChI is InChI=1S/C17H24N2OS/c1-2-17(7-8-17)9-19-16-12(10-3-4-10)13(18)15(21-16)14(20)11-5-6-11/h10-11,19H,2-9,18H2,1H3. The minimum atomic E-state index is 0.260. The van der Waals surface area contributed by atoms with Gasteiger partial charge in [0.15, 0.2) is 5.78 Å². The van der Waals surface area contributed by atoms with Crippen LogP contribution in [0.4, 0.5) is 10.7 Å². The average molecular weight is 304 g/mol. The highest BCUT2D eigenvalue weighted by Gasteiger charge is 2.42. The zero-order valence-corrected chi connectivity index (χ0v) is 13.5. The summed E-state index contributed by atoms with van der Waals surface area (Å²) in [5.74, 6) is 1.15. The van der Waals surface area contributed by atoms with Gasteiger partial charge in [0.25, 0.3) is 0 Å². The molecule has 0 aliphatic heterocycles. The molecule has 3 aliphatic carbocycles. The van der Waals surface area contributed by atoms with Gasteiger partial charge in [0.1, 0.15) is 0 Å². The molecule has 1 aromatic rings. The van der Waals surface area contributed by atoms with Gasteiger partial charge >= 0.3 is 0 Å². The van der Waals surface area contributed by atoms with Crippen molar-refractivity contribution >= 4 is 27.8 Å². The molecular weight excluding hydrogens is 280 g/mol. The third kappa shape index (κ3) is 2.48. The maximum atomic E-state index is 12.4. The molecule has 3 nitrogen and oxygen atoms in total. The number of nitrogens with two attached hydrogens (primary N) is 1. The molecule has 3 fully saturated rings. The zero-order chi connectivity index (χ0) is 14.6. The largest absolute Gasteiger partial charge is 0.397 e. The summed E-state index contributed by atoms with van der Waals surface area (Å²) in [5, 5.41) is 4.84. The molecule has 4 rings (SSSR count). The molecule has 3 N–H and O–H groups in total. The first-order chi connectivity index (χ1) is 10.1. The lowest BCUT2D eigenvalue weighted by atomic mass is 10.0. The number of hydrogen-bond donors (Lipinski definition) is 2. The zero-order valence-electron chi connectivity index (χ0n) is 12.7. The third-order valence-corrected chi connectivity index (χ3v) is 6.67. The van der Waals surface area contributed by atoms with Crippen LogP contribution >= 0.6 is 11.3 Å². The first-order valence-corrected chi connectivity index (χ1v) is 9.15. The number of rotatable bonds is 7. The average Bonchev–Trinajstić information content (AvgIpc) is 3.37. The van der Waals surface area contributed by atoms with E-state index in [0.29, 0.717) is 17.1 Å². The van der Waals surface area contributed by atoms with Crippen LogP contribution in [-0.2, 0) is 0 Å². The van der Waals surface area contributed by atoms with Gasteiger partial charge < -0.3 is 11.1 Å². The van der Waals surface area contributed by atoms with Crippen LogP contribution in [0.25, 0.3) is 0 Å². The van der Waals surface area contributed by atoms with Crippen molar-refractivity contribution in [1.29, 1.82) is 0 Å². The van der Waals surface area contributed by atoms with Gasteiger partial charge in [0, 0.05) is 18.0 Å². The van der Waals surface area contributed by atoms with E-state index in [4.69, 9.17) is 5.73 Å². The Morgan fingerprint density at radius 1 is 1.33 bits per heavy atom. The monoisotopic (exact) mass is 304 g/mol. The van der Waals surface area contributed by atoms with Crippen LogP contribution in [0, 0.1) is 11.3 Å². The van der Waals surface area contributed by atoms with Crippen molar-refractivity contribution in [3.05, 3.63) is 10.4 Å². The molecular formula is C17H24N2OS. The molecule has 0 atom stereocenters. The van der Waals surface area contributed by atoms with Crippen LogP contribution in [0.5, 0.6) is 0 Å². The molecule has 3 saturated carbocycles. The van der Waals surface area contributed by atoms with Crippen molar-refractivity contribution in [3.63, 3.8) is 0 Å². The fraction of sp³-hybridized carbons (Fsp3) is 0.706. The third-order valence-electron chi connectivity index (χ3n) is 5.47. The summed E-state index contributed by atoms with van der Waals surface area (Å²) in [6.07, 6.45) is 8.48. The fourth-order valence-corrected chi connectivity index (χ4v) is 4.40. The number of nitrogen functional groups attached to an aromatic ring is 1. The summed E-state index contributed by atoms with van der Waals surface area (Å²) in [7, 11) is 0. The van der Waals surface area contributed by atoms with Crippen LogP contribution < -0.4 is 11.1 Å². The predicted octanol–water partition coefficient (Wildman–Crippen LogP) is 4.40. The summed E-state index contributed by atoms with van der Waals surface area (Å²) in [6, 6.07) is 0. The summed E-state index contributed by atoms with van der Waals surface area (Å²) < 4.78 is 0. The van der Waals surface area contributed by atoms with Crippen LogP contribution in [0.3, 0.4) is 0 Å². The maximum Gasteiger partial charge on any atom is 0.178 e. The van der Waals surface area contributed by atoms with E-state index in [0.717, 1.165) is 30.0 Å². The Morgan fingerprint density at radius 3 is 2.57 bits per heavy atom. The van der Waals surface area contributed by atoms with Crippen molar-refractivity contribution < 1.29 is 4.79 Å². The highest BCUT2D eigenvalue weighted by atomic mass is 32.1. The quantitative estimate of drug-likeness (QED) is 0.734. The van der Waals surface area contributed by atoms with Gasteiger partial charge in [0.2, 0.25) is 0 Å². The van der Waals surface area contributed by atoms with E-state index in [1.165, 1.54) is 42.7 Å².